The van der Waals surface area contributed by atoms with Crippen LogP contribution < -0.4 is 0 Å². The molecule has 3 rings (SSSR count). The normalized spacial score (nSPS) is 32.4. The van der Waals surface area contributed by atoms with E-state index in [4.69, 9.17) is 23.7 Å². The fraction of sp³-hybridized carbons (Fsp3) is 1.00. The van der Waals surface area contributed by atoms with E-state index >= 15 is 0 Å². The number of hydrogen-bond acceptors (Lipinski definition) is 5. The van der Waals surface area contributed by atoms with E-state index in [1.54, 1.807) is 14.2 Å². The van der Waals surface area contributed by atoms with Gasteiger partial charge in [0, 0.05) is 25.0 Å². The molecule has 0 aromatic heterocycles. The summed E-state index contributed by atoms with van der Waals surface area (Å²) in [6.45, 7) is 8.83. The van der Waals surface area contributed by atoms with Crippen LogP contribution in [-0.2, 0) is 23.7 Å². The molecule has 0 radical (unpaired) electrons. The molecule has 0 saturated carbocycles. The van der Waals surface area contributed by atoms with Crippen molar-refractivity contribution in [2.45, 2.75) is 26.1 Å². The molecule has 3 aliphatic rings. The zero-order valence-corrected chi connectivity index (χ0v) is 12.9. The van der Waals surface area contributed by atoms with Gasteiger partial charge in [0.15, 0.2) is 0 Å². The van der Waals surface area contributed by atoms with Gasteiger partial charge in [-0.05, 0) is 0 Å². The Morgan fingerprint density at radius 3 is 1.20 bits per heavy atom. The van der Waals surface area contributed by atoms with E-state index in [9.17, 15) is 0 Å². The third kappa shape index (κ3) is 1.87. The Morgan fingerprint density at radius 2 is 1.05 bits per heavy atom. The van der Waals surface area contributed by atoms with Crippen molar-refractivity contribution in [2.24, 2.45) is 16.2 Å². The van der Waals surface area contributed by atoms with Gasteiger partial charge in [-0.2, -0.15) is 0 Å². The molecule has 0 aromatic rings. The van der Waals surface area contributed by atoms with Crippen LogP contribution in [0.4, 0.5) is 0 Å². The summed E-state index contributed by atoms with van der Waals surface area (Å²) >= 11 is 0. The maximum Gasteiger partial charge on any atom is 0.0794 e. The molecule has 0 bridgehead atoms. The lowest BCUT2D eigenvalue weighted by atomic mass is 9.58. The highest BCUT2D eigenvalue weighted by Gasteiger charge is 2.64. The number of methoxy groups -OCH3 is 2. The van der Waals surface area contributed by atoms with Crippen LogP contribution in [0.2, 0.25) is 0 Å². The predicted octanol–water partition coefficient (Wildman–Crippen LogP) is 1.11. The Bertz CT molecular complexity index is 327. The van der Waals surface area contributed by atoms with Crippen molar-refractivity contribution in [3.8, 4) is 0 Å². The van der Waals surface area contributed by atoms with Crippen molar-refractivity contribution in [1.82, 2.24) is 0 Å². The van der Waals surface area contributed by atoms with E-state index < -0.39 is 0 Å². The fourth-order valence-electron chi connectivity index (χ4n) is 4.36. The topological polar surface area (TPSA) is 46.2 Å². The first kappa shape index (κ1) is 14.7. The summed E-state index contributed by atoms with van der Waals surface area (Å²) in [5, 5.41) is 0. The quantitative estimate of drug-likeness (QED) is 0.732. The van der Waals surface area contributed by atoms with Crippen LogP contribution >= 0.6 is 0 Å². The molecule has 0 amide bonds. The first-order valence-corrected chi connectivity index (χ1v) is 7.30. The molecule has 0 spiro atoms. The van der Waals surface area contributed by atoms with E-state index in [0.717, 1.165) is 26.4 Å². The lowest BCUT2D eigenvalue weighted by Crippen LogP contribution is -2.72. The number of hydrogen-bond donors (Lipinski definition) is 0. The molecule has 2 unspecified atom stereocenters. The largest absolute Gasteiger partial charge is 0.380 e. The van der Waals surface area contributed by atoms with E-state index in [0.29, 0.717) is 13.2 Å². The second kappa shape index (κ2) is 4.92. The summed E-state index contributed by atoms with van der Waals surface area (Å²) < 4.78 is 28.3. The van der Waals surface area contributed by atoms with Crippen LogP contribution in [0.25, 0.3) is 0 Å². The molecule has 3 saturated heterocycles. The summed E-state index contributed by atoms with van der Waals surface area (Å²) in [5.41, 5.74) is 0.00705. The van der Waals surface area contributed by atoms with Crippen molar-refractivity contribution in [3.63, 3.8) is 0 Å². The molecule has 5 nitrogen and oxygen atoms in total. The molecule has 116 valence electrons. The predicted molar refractivity (Wildman–Crippen MR) is 72.7 cm³/mol. The average Bonchev–Trinajstić information content (AvgIpc) is 2.31. The molecule has 3 fully saturated rings. The second-order valence-electron chi connectivity index (χ2n) is 7.25. The van der Waals surface area contributed by atoms with Gasteiger partial charge in [0.25, 0.3) is 0 Å². The Kier molecular flexibility index (Phi) is 3.62. The van der Waals surface area contributed by atoms with Crippen LogP contribution in [0.15, 0.2) is 0 Å². The van der Waals surface area contributed by atoms with Crippen LogP contribution in [0.5, 0.6) is 0 Å². The minimum absolute atomic E-state index is 0.0519. The van der Waals surface area contributed by atoms with Crippen molar-refractivity contribution in [2.75, 3.05) is 53.9 Å². The lowest BCUT2D eigenvalue weighted by molar-refractivity contribution is -0.321. The molecular weight excluding hydrogens is 260 g/mol. The highest BCUT2D eigenvalue weighted by Crippen LogP contribution is 2.53. The fourth-order valence-corrected chi connectivity index (χ4v) is 4.36. The van der Waals surface area contributed by atoms with Gasteiger partial charge in [0.2, 0.25) is 0 Å². The SMILES string of the molecule is COC(C1(C)COC1)C1(C(OC)C2(C)COC2)COC1. The molecule has 20 heavy (non-hydrogen) atoms. The molecule has 3 aliphatic heterocycles. The van der Waals surface area contributed by atoms with Crippen LogP contribution in [-0.4, -0.2) is 66.1 Å². The first-order valence-electron chi connectivity index (χ1n) is 7.30. The zero-order chi connectivity index (χ0) is 14.4. The van der Waals surface area contributed by atoms with Crippen LogP contribution in [0.3, 0.4) is 0 Å². The Balaban J connectivity index is 1.88. The van der Waals surface area contributed by atoms with Crippen LogP contribution in [0.1, 0.15) is 13.8 Å². The summed E-state index contributed by atoms with van der Waals surface area (Å²) in [6, 6.07) is 0. The third-order valence-electron chi connectivity index (χ3n) is 5.25. The van der Waals surface area contributed by atoms with Crippen molar-refractivity contribution in [1.29, 1.82) is 0 Å². The number of rotatable bonds is 6. The lowest BCUT2D eigenvalue weighted by Gasteiger charge is -2.61. The first-order chi connectivity index (χ1) is 9.51. The zero-order valence-electron chi connectivity index (χ0n) is 12.9. The molecule has 3 heterocycles. The standard InChI is InChI=1S/C15H26O5/c1-13(5-18-6-13)11(16-3)15(9-20-10-15)12(17-4)14(2)7-19-8-14/h11-12H,5-10H2,1-4H3. The van der Waals surface area contributed by atoms with Crippen molar-refractivity contribution in [3.05, 3.63) is 0 Å². The van der Waals surface area contributed by atoms with Gasteiger partial charge in [-0.3, -0.25) is 0 Å². The molecule has 0 N–H and O–H groups in total. The molecule has 0 aromatic carbocycles. The van der Waals surface area contributed by atoms with Gasteiger partial charge < -0.3 is 23.7 Å². The molecular formula is C15H26O5. The van der Waals surface area contributed by atoms with Gasteiger partial charge in [0.05, 0.1) is 57.3 Å². The van der Waals surface area contributed by atoms with E-state index in [2.05, 4.69) is 13.8 Å². The van der Waals surface area contributed by atoms with Gasteiger partial charge >= 0.3 is 0 Å². The van der Waals surface area contributed by atoms with E-state index in [-0.39, 0.29) is 28.5 Å². The van der Waals surface area contributed by atoms with Gasteiger partial charge in [0.1, 0.15) is 0 Å². The highest BCUT2D eigenvalue weighted by molar-refractivity contribution is 5.11. The van der Waals surface area contributed by atoms with Gasteiger partial charge in [-0.1, -0.05) is 13.8 Å². The number of ether oxygens (including phenoxy) is 5. The molecule has 5 heteroatoms. The van der Waals surface area contributed by atoms with Crippen molar-refractivity contribution >= 4 is 0 Å². The minimum Gasteiger partial charge on any atom is -0.380 e. The highest BCUT2D eigenvalue weighted by atomic mass is 16.6. The Morgan fingerprint density at radius 1 is 0.700 bits per heavy atom. The smallest absolute Gasteiger partial charge is 0.0794 e. The monoisotopic (exact) mass is 286 g/mol. The van der Waals surface area contributed by atoms with Crippen LogP contribution in [0, 0.1) is 16.2 Å². The van der Waals surface area contributed by atoms with Crippen molar-refractivity contribution < 1.29 is 23.7 Å². The molecule has 2 atom stereocenters. The third-order valence-corrected chi connectivity index (χ3v) is 5.25. The summed E-state index contributed by atoms with van der Waals surface area (Å²) in [5.74, 6) is 0. The molecule has 0 aliphatic carbocycles. The van der Waals surface area contributed by atoms with E-state index in [1.165, 1.54) is 0 Å². The van der Waals surface area contributed by atoms with Gasteiger partial charge in [-0.25, -0.2) is 0 Å². The maximum atomic E-state index is 5.93. The summed E-state index contributed by atoms with van der Waals surface area (Å²) in [6.07, 6.45) is 0.166. The average molecular weight is 286 g/mol. The Hall–Kier alpha value is -0.200. The van der Waals surface area contributed by atoms with Gasteiger partial charge in [-0.15, -0.1) is 0 Å². The summed E-state index contributed by atoms with van der Waals surface area (Å²) in [4.78, 5) is 0. The maximum absolute atomic E-state index is 5.93. The Labute approximate surface area is 120 Å². The summed E-state index contributed by atoms with van der Waals surface area (Å²) in [7, 11) is 3.58. The second-order valence-corrected chi connectivity index (χ2v) is 7.25. The van der Waals surface area contributed by atoms with E-state index in [1.807, 2.05) is 0 Å². The minimum atomic E-state index is -0.0967.